The lowest BCUT2D eigenvalue weighted by molar-refractivity contribution is -0.117. The second kappa shape index (κ2) is 8.29. The fraction of sp³-hybridized carbons (Fsp3) is 0.280. The molecule has 2 saturated carbocycles. The van der Waals surface area contributed by atoms with Crippen LogP contribution in [-0.4, -0.2) is 25.3 Å². The van der Waals surface area contributed by atoms with E-state index in [1.165, 1.54) is 24.7 Å². The van der Waals surface area contributed by atoms with Crippen molar-refractivity contribution in [1.82, 2.24) is 19.4 Å². The number of rotatable bonds is 7. The van der Waals surface area contributed by atoms with E-state index in [-0.39, 0.29) is 17.7 Å². The number of hydrogen-bond acceptors (Lipinski definition) is 6. The standard InChI is InChI=1S/C25H24ClN7O/c26-20-7-15(3-5-21(20)27)18-8-19(18)25(34)32-23-9-22(29-13-30-23)28-10-17-12-33-11-16(14-1-2-14)4-6-24(33)31-17/h3-7,9,11-14,18-19H,1-2,8,10,27H2,(H2,28,29,30,32,34). The Labute approximate surface area is 201 Å². The van der Waals surface area contributed by atoms with E-state index in [1.807, 2.05) is 18.3 Å². The van der Waals surface area contributed by atoms with Crippen LogP contribution in [0.3, 0.4) is 0 Å². The number of hydrogen-bond donors (Lipinski definition) is 3. The van der Waals surface area contributed by atoms with Crippen molar-refractivity contribution in [2.24, 2.45) is 5.92 Å². The number of fused-ring (bicyclic) bond motifs is 1. The lowest BCUT2D eigenvalue weighted by Gasteiger charge is -2.07. The first-order valence-electron chi connectivity index (χ1n) is 11.4. The molecule has 2 fully saturated rings. The zero-order valence-corrected chi connectivity index (χ0v) is 19.2. The third-order valence-electron chi connectivity index (χ3n) is 6.52. The normalized spacial score (nSPS) is 19.2. The van der Waals surface area contributed by atoms with Crippen LogP contribution < -0.4 is 16.4 Å². The zero-order valence-electron chi connectivity index (χ0n) is 18.4. The number of aromatic nitrogens is 4. The van der Waals surface area contributed by atoms with Crippen molar-refractivity contribution in [2.45, 2.75) is 37.6 Å². The van der Waals surface area contributed by atoms with Crippen molar-refractivity contribution in [3.63, 3.8) is 0 Å². The average molecular weight is 474 g/mol. The van der Waals surface area contributed by atoms with E-state index in [4.69, 9.17) is 17.3 Å². The molecule has 2 aliphatic carbocycles. The fourth-order valence-corrected chi connectivity index (χ4v) is 4.54. The second-order valence-electron chi connectivity index (χ2n) is 9.10. The van der Waals surface area contributed by atoms with E-state index in [2.05, 4.69) is 48.3 Å². The maximum Gasteiger partial charge on any atom is 0.229 e. The van der Waals surface area contributed by atoms with E-state index >= 15 is 0 Å². The smallest absolute Gasteiger partial charge is 0.229 e. The Bertz CT molecular complexity index is 1400. The van der Waals surface area contributed by atoms with Gasteiger partial charge in [-0.05, 0) is 60.4 Å². The zero-order chi connectivity index (χ0) is 23.2. The average Bonchev–Trinajstić information content (AvgIpc) is 3.76. The number of benzene rings is 1. The summed E-state index contributed by atoms with van der Waals surface area (Å²) in [6.45, 7) is 0.521. The number of nitrogens with two attached hydrogens (primary N) is 1. The van der Waals surface area contributed by atoms with Gasteiger partial charge in [-0.3, -0.25) is 4.79 Å². The Balaban J connectivity index is 1.07. The Hall–Kier alpha value is -3.65. The fourth-order valence-electron chi connectivity index (χ4n) is 4.35. The van der Waals surface area contributed by atoms with Crippen LogP contribution in [0.5, 0.6) is 0 Å². The van der Waals surface area contributed by atoms with E-state index in [0.29, 0.717) is 34.8 Å². The van der Waals surface area contributed by atoms with Crippen LogP contribution in [-0.2, 0) is 11.3 Å². The molecule has 0 radical (unpaired) electrons. The molecular formula is C25H24ClN7O. The molecule has 3 aromatic heterocycles. The molecule has 0 spiro atoms. The summed E-state index contributed by atoms with van der Waals surface area (Å²) in [5.41, 5.74) is 10.6. The molecule has 4 aromatic rings. The topological polar surface area (TPSA) is 110 Å². The van der Waals surface area contributed by atoms with Crippen molar-refractivity contribution in [3.8, 4) is 0 Å². The van der Waals surface area contributed by atoms with Gasteiger partial charge < -0.3 is 20.8 Å². The third-order valence-corrected chi connectivity index (χ3v) is 6.85. The number of nitrogens with zero attached hydrogens (tertiary/aromatic N) is 4. The number of amides is 1. The number of carbonyl (C=O) groups excluding carboxylic acids is 1. The van der Waals surface area contributed by atoms with Crippen molar-refractivity contribution in [3.05, 3.63) is 77.0 Å². The minimum absolute atomic E-state index is 0.0607. The van der Waals surface area contributed by atoms with E-state index in [9.17, 15) is 4.79 Å². The molecule has 4 N–H and O–H groups in total. The highest BCUT2D eigenvalue weighted by atomic mass is 35.5. The van der Waals surface area contributed by atoms with Crippen LogP contribution in [0, 0.1) is 5.92 Å². The van der Waals surface area contributed by atoms with Crippen LogP contribution >= 0.6 is 11.6 Å². The van der Waals surface area contributed by atoms with Gasteiger partial charge in [0.15, 0.2) is 0 Å². The molecule has 172 valence electrons. The molecular weight excluding hydrogens is 450 g/mol. The molecule has 3 heterocycles. The molecule has 2 aliphatic rings. The van der Waals surface area contributed by atoms with Gasteiger partial charge in [0.2, 0.25) is 5.91 Å². The summed E-state index contributed by atoms with van der Waals surface area (Å²) in [5.74, 6) is 1.77. The lowest BCUT2D eigenvalue weighted by Crippen LogP contribution is -2.16. The number of carbonyl (C=O) groups is 1. The van der Waals surface area contributed by atoms with Crippen LogP contribution in [0.15, 0.2) is 55.1 Å². The largest absolute Gasteiger partial charge is 0.398 e. The summed E-state index contributed by atoms with van der Waals surface area (Å²) >= 11 is 6.12. The van der Waals surface area contributed by atoms with Gasteiger partial charge in [0, 0.05) is 24.4 Å². The second-order valence-corrected chi connectivity index (χ2v) is 9.50. The third kappa shape index (κ3) is 4.28. The van der Waals surface area contributed by atoms with Gasteiger partial charge in [0.25, 0.3) is 0 Å². The van der Waals surface area contributed by atoms with Gasteiger partial charge in [-0.25, -0.2) is 15.0 Å². The highest BCUT2D eigenvalue weighted by Gasteiger charge is 2.44. The van der Waals surface area contributed by atoms with Crippen molar-refractivity contribution in [2.75, 3.05) is 16.4 Å². The predicted octanol–water partition coefficient (Wildman–Crippen LogP) is 4.59. The molecule has 9 heteroatoms. The predicted molar refractivity (Wildman–Crippen MR) is 132 cm³/mol. The Kier molecular flexibility index (Phi) is 5.10. The molecule has 6 rings (SSSR count). The van der Waals surface area contributed by atoms with Crippen molar-refractivity contribution in [1.29, 1.82) is 0 Å². The quantitative estimate of drug-likeness (QED) is 0.338. The maximum absolute atomic E-state index is 12.7. The highest BCUT2D eigenvalue weighted by Crippen LogP contribution is 2.48. The van der Waals surface area contributed by atoms with Gasteiger partial charge in [-0.15, -0.1) is 0 Å². The van der Waals surface area contributed by atoms with Crippen molar-refractivity contribution >= 4 is 40.5 Å². The lowest BCUT2D eigenvalue weighted by atomic mass is 10.1. The van der Waals surface area contributed by atoms with Gasteiger partial charge in [-0.2, -0.15) is 0 Å². The summed E-state index contributed by atoms with van der Waals surface area (Å²) in [6, 6.07) is 11.5. The van der Waals surface area contributed by atoms with Crippen molar-refractivity contribution < 1.29 is 4.79 Å². The van der Waals surface area contributed by atoms with Crippen LogP contribution in [0.4, 0.5) is 17.3 Å². The van der Waals surface area contributed by atoms with E-state index in [0.717, 1.165) is 23.3 Å². The summed E-state index contributed by atoms with van der Waals surface area (Å²) in [4.78, 5) is 25.8. The number of imidazole rings is 1. The molecule has 0 bridgehead atoms. The summed E-state index contributed by atoms with van der Waals surface area (Å²) in [6.07, 6.45) is 8.98. The Morgan fingerprint density at radius 3 is 2.74 bits per heavy atom. The van der Waals surface area contributed by atoms with Gasteiger partial charge in [0.1, 0.15) is 23.6 Å². The van der Waals surface area contributed by atoms with Crippen LogP contribution in [0.2, 0.25) is 5.02 Å². The van der Waals surface area contributed by atoms with Gasteiger partial charge in [-0.1, -0.05) is 23.7 Å². The maximum atomic E-state index is 12.7. The SMILES string of the molecule is Nc1ccc(C2CC2C(=O)Nc2cc(NCc3cn4cc(C5CC5)ccc4n3)ncn2)cc1Cl. The highest BCUT2D eigenvalue weighted by molar-refractivity contribution is 6.33. The molecule has 1 amide bonds. The first-order valence-corrected chi connectivity index (χ1v) is 11.8. The minimum Gasteiger partial charge on any atom is -0.398 e. The van der Waals surface area contributed by atoms with Gasteiger partial charge >= 0.3 is 0 Å². The molecule has 2 unspecified atom stereocenters. The molecule has 0 aliphatic heterocycles. The number of halogens is 1. The number of nitrogens with one attached hydrogen (secondary N) is 2. The van der Waals surface area contributed by atoms with Crippen LogP contribution in [0.25, 0.3) is 5.65 Å². The monoisotopic (exact) mass is 473 g/mol. The summed E-state index contributed by atoms with van der Waals surface area (Å²) in [5, 5.41) is 6.69. The molecule has 34 heavy (non-hydrogen) atoms. The number of nitrogen functional groups attached to an aromatic ring is 1. The number of anilines is 3. The summed E-state index contributed by atoms with van der Waals surface area (Å²) in [7, 11) is 0. The first kappa shape index (κ1) is 20.9. The number of pyridine rings is 1. The molecule has 8 nitrogen and oxygen atoms in total. The molecule has 0 saturated heterocycles. The molecule has 2 atom stereocenters. The first-order chi connectivity index (χ1) is 16.5. The van der Waals surface area contributed by atoms with Crippen LogP contribution in [0.1, 0.15) is 47.9 Å². The summed E-state index contributed by atoms with van der Waals surface area (Å²) < 4.78 is 2.08. The van der Waals surface area contributed by atoms with E-state index in [1.54, 1.807) is 12.1 Å². The van der Waals surface area contributed by atoms with E-state index < -0.39 is 0 Å². The Morgan fingerprint density at radius 1 is 1.09 bits per heavy atom. The minimum atomic E-state index is -0.107. The van der Waals surface area contributed by atoms with Gasteiger partial charge in [0.05, 0.1) is 22.9 Å². The molecule has 1 aromatic carbocycles. The Morgan fingerprint density at radius 2 is 1.91 bits per heavy atom.